The molecule has 194 valence electrons. The summed E-state index contributed by atoms with van der Waals surface area (Å²) in [4.78, 5) is 37.4. The van der Waals surface area contributed by atoms with Crippen molar-refractivity contribution in [2.45, 2.75) is 76.4 Å². The van der Waals surface area contributed by atoms with Crippen LogP contribution < -0.4 is 10.6 Å². The average molecular weight is 572 g/mol. The number of rotatable bonds is 4. The molecule has 3 aliphatic rings. The van der Waals surface area contributed by atoms with Gasteiger partial charge in [-0.2, -0.15) is 0 Å². The number of alkyl halides is 1. The van der Waals surface area contributed by atoms with Crippen LogP contribution in [0.5, 0.6) is 0 Å². The second-order valence-corrected chi connectivity index (χ2v) is 11.0. The Kier molecular flexibility index (Phi) is 10.7. The van der Waals surface area contributed by atoms with Crippen LogP contribution in [0.4, 0.5) is 9.59 Å². The van der Waals surface area contributed by atoms with Gasteiger partial charge in [0, 0.05) is 30.1 Å². The summed E-state index contributed by atoms with van der Waals surface area (Å²) in [5.41, 5.74) is 0.934. The van der Waals surface area contributed by atoms with E-state index in [1.165, 1.54) is 6.08 Å². The Morgan fingerprint density at radius 2 is 2.14 bits per heavy atom. The fraction of sp³-hybridized carbons (Fsp3) is 0.640. The molecule has 0 spiro atoms. The lowest BCUT2D eigenvalue weighted by atomic mass is 9.90. The summed E-state index contributed by atoms with van der Waals surface area (Å²) in [6.45, 7) is 4.44. The Bertz CT molecular complexity index is 863. The van der Waals surface area contributed by atoms with Crippen LogP contribution in [0.1, 0.15) is 52.4 Å². The quantitative estimate of drug-likeness (QED) is 0.362. The first-order chi connectivity index (χ1) is 16.8. The molecule has 3 rings (SSSR count). The molecular weight excluding hydrogens is 536 g/mol. The predicted octanol–water partition coefficient (Wildman–Crippen LogP) is 4.99. The third kappa shape index (κ3) is 8.68. The van der Waals surface area contributed by atoms with Gasteiger partial charge in [-0.1, -0.05) is 64.5 Å². The van der Waals surface area contributed by atoms with Crippen molar-refractivity contribution in [2.24, 2.45) is 5.92 Å². The van der Waals surface area contributed by atoms with E-state index in [-0.39, 0.29) is 17.8 Å². The predicted molar refractivity (Wildman–Crippen MR) is 139 cm³/mol. The maximum Gasteiger partial charge on any atom is 0.409 e. The number of halogens is 1. The minimum atomic E-state index is -1.44. The van der Waals surface area contributed by atoms with E-state index in [2.05, 4.69) is 51.7 Å². The molecule has 2 amide bonds. The molecule has 0 aromatic heterocycles. The molecule has 0 aromatic carbocycles. The number of hydrogen-bond acceptors (Lipinski definition) is 7. The highest BCUT2D eigenvalue weighted by Gasteiger charge is 2.54. The van der Waals surface area contributed by atoms with Crippen molar-refractivity contribution in [3.8, 4) is 0 Å². The van der Waals surface area contributed by atoms with Crippen LogP contribution in [-0.4, -0.2) is 59.0 Å². The third-order valence-corrected chi connectivity index (χ3v) is 7.50. The second kappa shape index (κ2) is 13.5. The number of fused-ring (bicyclic) bond motifs is 2. The molecule has 10 heteroatoms. The number of carbonyl (C=O) groups excluding carboxylic acids is 3. The Labute approximate surface area is 219 Å². The number of ether oxygens (including phenoxy) is 3. The molecule has 5 unspecified atom stereocenters. The normalized spacial score (nSPS) is 32.4. The van der Waals surface area contributed by atoms with Crippen molar-refractivity contribution >= 4 is 45.0 Å². The van der Waals surface area contributed by atoms with E-state index in [1.807, 2.05) is 13.0 Å². The van der Waals surface area contributed by atoms with Crippen molar-refractivity contribution in [3.05, 3.63) is 36.0 Å². The van der Waals surface area contributed by atoms with Gasteiger partial charge in [0.15, 0.2) is 0 Å². The smallest absolute Gasteiger partial charge is 0.409 e. The Hall–Kier alpha value is -1.78. The maximum absolute atomic E-state index is 12.7. The van der Waals surface area contributed by atoms with E-state index in [0.717, 1.165) is 36.6 Å². The summed E-state index contributed by atoms with van der Waals surface area (Å²) >= 11 is 4.41. The molecular formula is C25H35BrN2O6S. The van der Waals surface area contributed by atoms with Crippen LogP contribution in [0.25, 0.3) is 0 Å². The summed E-state index contributed by atoms with van der Waals surface area (Å²) in [6, 6.07) is -0.552. The summed E-state index contributed by atoms with van der Waals surface area (Å²) in [6.07, 6.45) is 12.2. The number of nitrogens with one attached hydrogen (secondary N) is 2. The minimum absolute atomic E-state index is 0.146. The average Bonchev–Trinajstić information content (AvgIpc) is 3.25. The van der Waals surface area contributed by atoms with Crippen LogP contribution in [-0.2, 0) is 19.0 Å². The molecule has 0 saturated carbocycles. The van der Waals surface area contributed by atoms with E-state index in [9.17, 15) is 14.4 Å². The minimum Gasteiger partial charge on any atom is -0.459 e. The summed E-state index contributed by atoms with van der Waals surface area (Å²) in [5, 5.41) is 5.93. The van der Waals surface area contributed by atoms with Crippen LogP contribution in [0.15, 0.2) is 36.0 Å². The monoisotopic (exact) mass is 570 g/mol. The molecule has 3 aliphatic heterocycles. The zero-order valence-electron chi connectivity index (χ0n) is 20.3. The Morgan fingerprint density at radius 1 is 1.31 bits per heavy atom. The van der Waals surface area contributed by atoms with Gasteiger partial charge >= 0.3 is 12.1 Å². The topological polar surface area (TPSA) is 103 Å². The lowest BCUT2D eigenvalue weighted by molar-refractivity contribution is -0.281. The largest absolute Gasteiger partial charge is 0.459 e. The number of hydrogen-bond donors (Lipinski definition) is 2. The van der Waals surface area contributed by atoms with E-state index < -0.39 is 30.0 Å². The standard InChI is InChI=1S/C25H35BrN2O6S/c1-17-7-5-3-4-6-8-18(2)13-22(29)32-20-14-19(10-9-17)33-25(15-20,21-16-35-24(31)28-21)34-23(30)27-12-11-26/h3-5,7,13,17,19-21H,6,8-12,14-16H2,1-2H3,(H,27,30)(H,28,31). The highest BCUT2D eigenvalue weighted by Crippen LogP contribution is 2.39. The highest BCUT2D eigenvalue weighted by atomic mass is 79.9. The maximum atomic E-state index is 12.7. The molecule has 0 radical (unpaired) electrons. The lowest BCUT2D eigenvalue weighted by Gasteiger charge is -2.46. The van der Waals surface area contributed by atoms with E-state index in [0.29, 0.717) is 36.4 Å². The van der Waals surface area contributed by atoms with Crippen molar-refractivity contribution in [2.75, 3.05) is 17.6 Å². The zero-order valence-corrected chi connectivity index (χ0v) is 22.7. The summed E-state index contributed by atoms with van der Waals surface area (Å²) in [7, 11) is 0. The van der Waals surface area contributed by atoms with E-state index >= 15 is 0 Å². The number of carbonyl (C=O) groups is 3. The van der Waals surface area contributed by atoms with E-state index in [4.69, 9.17) is 14.2 Å². The molecule has 35 heavy (non-hydrogen) atoms. The molecule has 5 atom stereocenters. The van der Waals surface area contributed by atoms with Gasteiger partial charge in [-0.3, -0.25) is 4.79 Å². The first kappa shape index (κ1) is 27.8. The van der Waals surface area contributed by atoms with Gasteiger partial charge in [0.2, 0.25) is 5.79 Å². The molecule has 2 N–H and O–H groups in total. The molecule has 2 fully saturated rings. The molecule has 2 saturated heterocycles. The lowest BCUT2D eigenvalue weighted by Crippen LogP contribution is -2.61. The van der Waals surface area contributed by atoms with Gasteiger partial charge in [-0.25, -0.2) is 9.59 Å². The zero-order chi connectivity index (χ0) is 25.3. The van der Waals surface area contributed by atoms with Crippen LogP contribution >= 0.6 is 27.7 Å². The first-order valence-corrected chi connectivity index (χ1v) is 14.3. The molecule has 0 aliphatic carbocycles. The third-order valence-electron chi connectivity index (χ3n) is 6.22. The molecule has 8 nitrogen and oxygen atoms in total. The second-order valence-electron chi connectivity index (χ2n) is 9.25. The van der Waals surface area contributed by atoms with Crippen LogP contribution in [0, 0.1) is 5.92 Å². The van der Waals surface area contributed by atoms with Crippen LogP contribution in [0.3, 0.4) is 0 Å². The van der Waals surface area contributed by atoms with Gasteiger partial charge in [-0.15, -0.1) is 0 Å². The number of allylic oxidation sites excluding steroid dienone is 5. The van der Waals surface area contributed by atoms with Crippen molar-refractivity contribution < 1.29 is 28.6 Å². The first-order valence-electron chi connectivity index (χ1n) is 12.1. The number of alkyl carbamates (subject to hydrolysis) is 1. The van der Waals surface area contributed by atoms with E-state index in [1.54, 1.807) is 0 Å². The SMILES string of the molecule is CC1=CC(=O)OC2CC(CCC(C)C=CC=CCC1)OC(OC(=O)NCCBr)(C1CSC(=O)N1)C2. The Morgan fingerprint density at radius 3 is 2.89 bits per heavy atom. The molecule has 0 aromatic rings. The van der Waals surface area contributed by atoms with Gasteiger partial charge in [0.25, 0.3) is 5.24 Å². The fourth-order valence-electron chi connectivity index (χ4n) is 4.42. The summed E-state index contributed by atoms with van der Waals surface area (Å²) < 4.78 is 18.2. The molecule has 2 bridgehead atoms. The van der Waals surface area contributed by atoms with Crippen molar-refractivity contribution in [1.29, 1.82) is 0 Å². The number of esters is 1. The van der Waals surface area contributed by atoms with Crippen molar-refractivity contribution in [3.63, 3.8) is 0 Å². The van der Waals surface area contributed by atoms with Gasteiger partial charge in [0.05, 0.1) is 12.5 Å². The van der Waals surface area contributed by atoms with Gasteiger partial charge < -0.3 is 24.8 Å². The number of thioether (sulfide) groups is 1. The fourth-order valence-corrected chi connectivity index (χ4v) is 5.50. The highest BCUT2D eigenvalue weighted by molar-refractivity contribution is 9.09. The molecule has 3 heterocycles. The van der Waals surface area contributed by atoms with Gasteiger partial charge in [-0.05, 0) is 38.5 Å². The Balaban J connectivity index is 1.88. The summed E-state index contributed by atoms with van der Waals surface area (Å²) in [5.74, 6) is -1.14. The van der Waals surface area contributed by atoms with Crippen molar-refractivity contribution in [1.82, 2.24) is 10.6 Å². The van der Waals surface area contributed by atoms with Crippen LogP contribution in [0.2, 0.25) is 0 Å². The number of amides is 2. The van der Waals surface area contributed by atoms with Gasteiger partial charge in [0.1, 0.15) is 12.1 Å².